The summed E-state index contributed by atoms with van der Waals surface area (Å²) in [6, 6.07) is 5.78. The molecule has 4 heteroatoms. The summed E-state index contributed by atoms with van der Waals surface area (Å²) in [4.78, 5) is 4.18. The summed E-state index contributed by atoms with van der Waals surface area (Å²) in [7, 11) is 1.61. The number of nitrogens with zero attached hydrogens (tertiary/aromatic N) is 1. The Bertz CT molecular complexity index is 452. The quantitative estimate of drug-likeness (QED) is 0.856. The van der Waals surface area contributed by atoms with Crippen LogP contribution in [0.5, 0.6) is 5.88 Å². The molecular weight excluding hydrogens is 204 g/mol. The predicted octanol–water partition coefficient (Wildman–Crippen LogP) is 2.60. The molecule has 0 aliphatic rings. The summed E-state index contributed by atoms with van der Waals surface area (Å²) >= 11 is 0. The third-order valence-electron chi connectivity index (χ3n) is 2.21. The molecule has 84 valence electrons. The maximum Gasteiger partial charge on any atom is 0.237 e. The topological polar surface area (TPSA) is 47.3 Å². The van der Waals surface area contributed by atoms with Crippen LogP contribution in [0.1, 0.15) is 11.3 Å². The molecule has 0 fully saturated rings. The SMILES string of the molecule is COc1ncc(C)cc1NCc1ccco1. The van der Waals surface area contributed by atoms with Crippen LogP contribution >= 0.6 is 0 Å². The number of aryl methyl sites for hydroxylation is 1. The van der Waals surface area contributed by atoms with Gasteiger partial charge in [0.05, 0.1) is 25.6 Å². The monoisotopic (exact) mass is 218 g/mol. The zero-order valence-corrected chi connectivity index (χ0v) is 9.36. The molecule has 2 aromatic rings. The Hall–Kier alpha value is -1.97. The number of methoxy groups -OCH3 is 1. The van der Waals surface area contributed by atoms with E-state index in [4.69, 9.17) is 9.15 Å². The highest BCUT2D eigenvalue weighted by Gasteiger charge is 2.04. The number of rotatable bonds is 4. The second-order valence-electron chi connectivity index (χ2n) is 3.50. The van der Waals surface area contributed by atoms with Gasteiger partial charge in [0.15, 0.2) is 0 Å². The first-order valence-corrected chi connectivity index (χ1v) is 5.06. The molecule has 1 N–H and O–H groups in total. The van der Waals surface area contributed by atoms with Crippen molar-refractivity contribution >= 4 is 5.69 Å². The van der Waals surface area contributed by atoms with E-state index in [1.54, 1.807) is 19.6 Å². The number of anilines is 1. The maximum atomic E-state index is 5.24. The van der Waals surface area contributed by atoms with Gasteiger partial charge in [-0.2, -0.15) is 0 Å². The molecule has 0 bridgehead atoms. The van der Waals surface area contributed by atoms with E-state index >= 15 is 0 Å². The zero-order chi connectivity index (χ0) is 11.4. The van der Waals surface area contributed by atoms with E-state index in [9.17, 15) is 0 Å². The molecule has 0 aromatic carbocycles. The van der Waals surface area contributed by atoms with Gasteiger partial charge in [0.25, 0.3) is 0 Å². The number of nitrogens with one attached hydrogen (secondary N) is 1. The summed E-state index contributed by atoms with van der Waals surface area (Å²) < 4.78 is 10.4. The van der Waals surface area contributed by atoms with Gasteiger partial charge >= 0.3 is 0 Å². The molecule has 0 radical (unpaired) electrons. The van der Waals surface area contributed by atoms with E-state index in [1.807, 2.05) is 25.1 Å². The van der Waals surface area contributed by atoms with Crippen LogP contribution in [-0.4, -0.2) is 12.1 Å². The lowest BCUT2D eigenvalue weighted by Gasteiger charge is -2.09. The van der Waals surface area contributed by atoms with Crippen LogP contribution < -0.4 is 10.1 Å². The molecule has 0 atom stereocenters. The lowest BCUT2D eigenvalue weighted by Crippen LogP contribution is -2.02. The fourth-order valence-corrected chi connectivity index (χ4v) is 1.44. The van der Waals surface area contributed by atoms with Gasteiger partial charge in [-0.1, -0.05) is 0 Å². The number of pyridine rings is 1. The molecule has 4 nitrogen and oxygen atoms in total. The van der Waals surface area contributed by atoms with Crippen molar-refractivity contribution in [1.82, 2.24) is 4.98 Å². The molecule has 0 spiro atoms. The van der Waals surface area contributed by atoms with Crippen molar-refractivity contribution in [2.24, 2.45) is 0 Å². The van der Waals surface area contributed by atoms with Crippen molar-refractivity contribution in [1.29, 1.82) is 0 Å². The number of aromatic nitrogens is 1. The van der Waals surface area contributed by atoms with Gasteiger partial charge in [-0.15, -0.1) is 0 Å². The van der Waals surface area contributed by atoms with Gasteiger partial charge in [-0.3, -0.25) is 0 Å². The molecule has 0 aliphatic carbocycles. The second-order valence-corrected chi connectivity index (χ2v) is 3.50. The molecule has 0 aliphatic heterocycles. The van der Waals surface area contributed by atoms with E-state index in [2.05, 4.69) is 10.3 Å². The van der Waals surface area contributed by atoms with Crippen molar-refractivity contribution in [3.63, 3.8) is 0 Å². The molecule has 0 unspecified atom stereocenters. The molecule has 16 heavy (non-hydrogen) atoms. The van der Waals surface area contributed by atoms with Crippen molar-refractivity contribution in [2.45, 2.75) is 13.5 Å². The predicted molar refractivity (Wildman–Crippen MR) is 61.6 cm³/mol. The lowest BCUT2D eigenvalue weighted by atomic mass is 10.3. The second kappa shape index (κ2) is 4.70. The van der Waals surface area contributed by atoms with E-state index < -0.39 is 0 Å². The fraction of sp³-hybridized carbons (Fsp3) is 0.250. The first-order chi connectivity index (χ1) is 7.79. The normalized spacial score (nSPS) is 10.1. The van der Waals surface area contributed by atoms with Crippen LogP contribution in [0.2, 0.25) is 0 Å². The van der Waals surface area contributed by atoms with Gasteiger partial charge in [-0.05, 0) is 30.7 Å². The Morgan fingerprint density at radius 2 is 2.38 bits per heavy atom. The molecule has 0 amide bonds. The molecule has 2 heterocycles. The van der Waals surface area contributed by atoms with Crippen molar-refractivity contribution in [3.05, 3.63) is 42.0 Å². The van der Waals surface area contributed by atoms with Gasteiger partial charge in [0.1, 0.15) is 5.76 Å². The Kier molecular flexibility index (Phi) is 3.10. The van der Waals surface area contributed by atoms with Gasteiger partial charge in [-0.25, -0.2) is 4.98 Å². The van der Waals surface area contributed by atoms with Gasteiger partial charge in [0, 0.05) is 6.20 Å². The van der Waals surface area contributed by atoms with Crippen molar-refractivity contribution in [2.75, 3.05) is 12.4 Å². The van der Waals surface area contributed by atoms with Crippen LogP contribution in [-0.2, 0) is 6.54 Å². The summed E-state index contributed by atoms with van der Waals surface area (Å²) in [6.45, 7) is 2.61. The zero-order valence-electron chi connectivity index (χ0n) is 9.36. The summed E-state index contributed by atoms with van der Waals surface area (Å²) in [5, 5.41) is 3.23. The molecular formula is C12H14N2O2. The Morgan fingerprint density at radius 1 is 1.50 bits per heavy atom. The van der Waals surface area contributed by atoms with Crippen LogP contribution in [0.25, 0.3) is 0 Å². The number of hydrogen-bond donors (Lipinski definition) is 1. The standard InChI is InChI=1S/C12H14N2O2/c1-9-6-11(12(15-2)14-7-9)13-8-10-4-3-5-16-10/h3-7,13H,8H2,1-2H3. The van der Waals surface area contributed by atoms with Crippen molar-refractivity contribution in [3.8, 4) is 5.88 Å². The smallest absolute Gasteiger partial charge is 0.237 e. The fourth-order valence-electron chi connectivity index (χ4n) is 1.44. The summed E-state index contributed by atoms with van der Waals surface area (Å²) in [5.41, 5.74) is 1.96. The minimum atomic E-state index is 0.595. The highest BCUT2D eigenvalue weighted by molar-refractivity contribution is 5.53. The molecule has 0 saturated carbocycles. The summed E-state index contributed by atoms with van der Waals surface area (Å²) in [5.74, 6) is 1.47. The minimum Gasteiger partial charge on any atom is -0.480 e. The summed E-state index contributed by atoms with van der Waals surface area (Å²) in [6.07, 6.45) is 3.43. The lowest BCUT2D eigenvalue weighted by molar-refractivity contribution is 0.399. The minimum absolute atomic E-state index is 0.595. The van der Waals surface area contributed by atoms with Gasteiger partial charge in [0.2, 0.25) is 5.88 Å². The van der Waals surface area contributed by atoms with E-state index in [0.29, 0.717) is 12.4 Å². The van der Waals surface area contributed by atoms with Crippen LogP contribution in [0, 0.1) is 6.92 Å². The van der Waals surface area contributed by atoms with Crippen LogP contribution in [0.3, 0.4) is 0 Å². The van der Waals surface area contributed by atoms with Gasteiger partial charge < -0.3 is 14.5 Å². The Labute approximate surface area is 94.3 Å². The van der Waals surface area contributed by atoms with E-state index in [-0.39, 0.29) is 0 Å². The number of hydrogen-bond acceptors (Lipinski definition) is 4. The highest BCUT2D eigenvalue weighted by Crippen LogP contribution is 2.22. The largest absolute Gasteiger partial charge is 0.480 e. The number of ether oxygens (including phenoxy) is 1. The average molecular weight is 218 g/mol. The molecule has 0 saturated heterocycles. The third kappa shape index (κ3) is 2.34. The third-order valence-corrected chi connectivity index (χ3v) is 2.21. The number of furan rings is 1. The van der Waals surface area contributed by atoms with Crippen molar-refractivity contribution < 1.29 is 9.15 Å². The van der Waals surface area contributed by atoms with E-state index in [0.717, 1.165) is 17.0 Å². The first-order valence-electron chi connectivity index (χ1n) is 5.06. The van der Waals surface area contributed by atoms with Crippen LogP contribution in [0.15, 0.2) is 35.1 Å². The first kappa shape index (κ1) is 10.5. The average Bonchev–Trinajstić information content (AvgIpc) is 2.79. The molecule has 2 rings (SSSR count). The van der Waals surface area contributed by atoms with Crippen LogP contribution in [0.4, 0.5) is 5.69 Å². The Morgan fingerprint density at radius 3 is 3.06 bits per heavy atom. The highest BCUT2D eigenvalue weighted by atomic mass is 16.5. The molecule has 2 aromatic heterocycles. The maximum absolute atomic E-state index is 5.24. The van der Waals surface area contributed by atoms with E-state index in [1.165, 1.54) is 0 Å². The Balaban J connectivity index is 2.11.